The number of carboxylic acids is 1. The number of nitrogens with zero attached hydrogens (tertiary/aromatic N) is 1. The van der Waals surface area contributed by atoms with Gasteiger partial charge in [0.1, 0.15) is 5.70 Å². The zero-order valence-corrected chi connectivity index (χ0v) is 8.94. The minimum Gasteiger partial charge on any atom is -0.477 e. The fourth-order valence-electron chi connectivity index (χ4n) is 2.25. The van der Waals surface area contributed by atoms with Gasteiger partial charge >= 0.3 is 5.97 Å². The molecular formula is C9H11NO4S. The number of rotatable bonds is 2. The van der Waals surface area contributed by atoms with Crippen LogP contribution < -0.4 is 0 Å². The van der Waals surface area contributed by atoms with Gasteiger partial charge in [0.05, 0.1) is 18.1 Å². The van der Waals surface area contributed by atoms with Crippen molar-refractivity contribution in [2.75, 3.05) is 0 Å². The first kappa shape index (κ1) is 10.5. The number of hydrogen-bond acceptors (Lipinski definition) is 4. The van der Waals surface area contributed by atoms with Crippen molar-refractivity contribution < 1.29 is 19.8 Å². The second-order valence-corrected chi connectivity index (χ2v) is 4.39. The van der Waals surface area contributed by atoms with Crippen molar-refractivity contribution in [2.24, 2.45) is 5.92 Å². The van der Waals surface area contributed by atoms with E-state index in [0.717, 1.165) is 0 Å². The van der Waals surface area contributed by atoms with Gasteiger partial charge in [0.25, 0.3) is 0 Å². The standard InChI is InChI=1S/C9H11NO4S/c1-3(11)6-4-2-5(15)7(9(13)14)10(4)8(6)12/h3-4,6,11,15H,2H2,1H3,(H,13,14). The van der Waals surface area contributed by atoms with Gasteiger partial charge in [-0.25, -0.2) is 4.79 Å². The maximum absolute atomic E-state index is 11.6. The molecule has 2 N–H and O–H groups in total. The monoisotopic (exact) mass is 229 g/mol. The Labute approximate surface area is 91.8 Å². The Balaban J connectivity index is 2.27. The predicted octanol–water partition coefficient (Wildman–Crippen LogP) is -0.176. The van der Waals surface area contributed by atoms with Crippen LogP contribution in [0.3, 0.4) is 0 Å². The molecule has 82 valence electrons. The molecule has 2 rings (SSSR count). The van der Waals surface area contributed by atoms with Crippen molar-refractivity contribution in [3.63, 3.8) is 0 Å². The Morgan fingerprint density at radius 3 is 2.73 bits per heavy atom. The third-order valence-corrected chi connectivity index (χ3v) is 3.30. The summed E-state index contributed by atoms with van der Waals surface area (Å²) in [6, 6.07) is -0.226. The first-order valence-corrected chi connectivity index (χ1v) is 5.06. The number of thiol groups is 1. The smallest absolute Gasteiger partial charge is 0.353 e. The second-order valence-electron chi connectivity index (χ2n) is 3.85. The SMILES string of the molecule is CC(O)C1C(=O)N2C(C(=O)O)=C(S)CC12. The van der Waals surface area contributed by atoms with Gasteiger partial charge in [0.15, 0.2) is 0 Å². The van der Waals surface area contributed by atoms with Crippen molar-refractivity contribution in [1.82, 2.24) is 4.90 Å². The quantitative estimate of drug-likeness (QED) is 0.453. The summed E-state index contributed by atoms with van der Waals surface area (Å²) in [6.45, 7) is 1.54. The molecule has 2 heterocycles. The second kappa shape index (κ2) is 3.24. The van der Waals surface area contributed by atoms with Crippen molar-refractivity contribution in [2.45, 2.75) is 25.5 Å². The van der Waals surface area contributed by atoms with Crippen LogP contribution in [0.5, 0.6) is 0 Å². The van der Waals surface area contributed by atoms with Crippen LogP contribution in [0.25, 0.3) is 0 Å². The molecular weight excluding hydrogens is 218 g/mol. The number of aliphatic hydroxyl groups is 1. The highest BCUT2D eigenvalue weighted by atomic mass is 32.1. The topological polar surface area (TPSA) is 77.8 Å². The normalized spacial score (nSPS) is 31.4. The molecule has 0 aromatic heterocycles. The number of aliphatic carboxylic acids is 1. The molecule has 5 nitrogen and oxygen atoms in total. The van der Waals surface area contributed by atoms with E-state index in [1.807, 2.05) is 0 Å². The molecule has 1 amide bonds. The number of carbonyl (C=O) groups is 2. The predicted molar refractivity (Wildman–Crippen MR) is 54.1 cm³/mol. The summed E-state index contributed by atoms with van der Waals surface area (Å²) in [5, 5.41) is 18.2. The number of carbonyl (C=O) groups excluding carboxylic acids is 1. The molecule has 1 fully saturated rings. The summed E-state index contributed by atoms with van der Waals surface area (Å²) in [5.74, 6) is -1.94. The van der Waals surface area contributed by atoms with Crippen LogP contribution in [-0.4, -0.2) is 39.1 Å². The summed E-state index contributed by atoms with van der Waals surface area (Å²) >= 11 is 4.06. The van der Waals surface area contributed by atoms with Gasteiger partial charge < -0.3 is 15.1 Å². The van der Waals surface area contributed by atoms with E-state index in [4.69, 9.17) is 5.11 Å². The molecule has 0 spiro atoms. The molecule has 6 heteroatoms. The average molecular weight is 229 g/mol. The summed E-state index contributed by atoms with van der Waals surface area (Å²) in [6.07, 6.45) is -0.320. The minimum absolute atomic E-state index is 0.0368. The number of fused-ring (bicyclic) bond motifs is 1. The lowest BCUT2D eigenvalue weighted by atomic mass is 9.83. The molecule has 2 aliphatic rings. The van der Waals surface area contributed by atoms with E-state index in [-0.39, 0.29) is 17.6 Å². The van der Waals surface area contributed by atoms with Crippen molar-refractivity contribution in [1.29, 1.82) is 0 Å². The van der Waals surface area contributed by atoms with Crippen LogP contribution in [0, 0.1) is 5.92 Å². The van der Waals surface area contributed by atoms with Gasteiger partial charge in [-0.2, -0.15) is 0 Å². The minimum atomic E-state index is -1.14. The maximum Gasteiger partial charge on any atom is 0.353 e. The molecule has 0 radical (unpaired) electrons. The largest absolute Gasteiger partial charge is 0.477 e. The summed E-state index contributed by atoms with van der Waals surface area (Å²) in [4.78, 5) is 24.1. The van der Waals surface area contributed by atoms with Gasteiger partial charge in [0, 0.05) is 11.3 Å². The van der Waals surface area contributed by atoms with Gasteiger partial charge in [-0.05, 0) is 6.92 Å². The molecule has 0 bridgehead atoms. The van der Waals surface area contributed by atoms with E-state index in [2.05, 4.69) is 12.6 Å². The molecule has 1 saturated heterocycles. The third-order valence-electron chi connectivity index (χ3n) is 2.91. The Hall–Kier alpha value is -1.01. The fourth-order valence-corrected chi connectivity index (χ4v) is 2.64. The number of hydrogen-bond donors (Lipinski definition) is 3. The summed E-state index contributed by atoms with van der Waals surface area (Å²) < 4.78 is 0. The fraction of sp³-hybridized carbons (Fsp3) is 0.556. The van der Waals surface area contributed by atoms with E-state index in [1.165, 1.54) is 11.8 Å². The maximum atomic E-state index is 11.6. The average Bonchev–Trinajstić information content (AvgIpc) is 2.38. The molecule has 15 heavy (non-hydrogen) atoms. The molecule has 3 atom stereocenters. The number of aliphatic hydroxyl groups excluding tert-OH is 1. The van der Waals surface area contributed by atoms with Gasteiger partial charge in [0.2, 0.25) is 5.91 Å². The van der Waals surface area contributed by atoms with E-state index in [9.17, 15) is 14.7 Å². The Bertz CT molecular complexity index is 376. The van der Waals surface area contributed by atoms with E-state index < -0.39 is 18.0 Å². The Morgan fingerprint density at radius 2 is 2.27 bits per heavy atom. The lowest BCUT2D eigenvalue weighted by Crippen LogP contribution is -2.61. The number of carboxylic acid groups (broad SMARTS) is 1. The molecule has 3 unspecified atom stereocenters. The van der Waals surface area contributed by atoms with Gasteiger partial charge in [-0.15, -0.1) is 12.6 Å². The van der Waals surface area contributed by atoms with Crippen molar-refractivity contribution in [3.05, 3.63) is 10.6 Å². The highest BCUT2D eigenvalue weighted by Gasteiger charge is 2.56. The Kier molecular flexibility index (Phi) is 2.27. The first-order chi connectivity index (χ1) is 6.95. The Morgan fingerprint density at radius 1 is 1.67 bits per heavy atom. The number of amides is 1. The lowest BCUT2D eigenvalue weighted by molar-refractivity contribution is -0.161. The summed E-state index contributed by atoms with van der Waals surface area (Å²) in [5.41, 5.74) is -0.0368. The zero-order chi connectivity index (χ0) is 11.3. The van der Waals surface area contributed by atoms with Gasteiger partial charge in [-0.1, -0.05) is 0 Å². The third kappa shape index (κ3) is 1.28. The van der Waals surface area contributed by atoms with Crippen LogP contribution in [0.1, 0.15) is 13.3 Å². The molecule has 2 aliphatic heterocycles. The zero-order valence-electron chi connectivity index (χ0n) is 8.04. The van der Waals surface area contributed by atoms with Crippen molar-refractivity contribution >= 4 is 24.5 Å². The van der Waals surface area contributed by atoms with Crippen LogP contribution in [-0.2, 0) is 9.59 Å². The van der Waals surface area contributed by atoms with E-state index in [0.29, 0.717) is 11.3 Å². The molecule has 0 aliphatic carbocycles. The summed E-state index contributed by atoms with van der Waals surface area (Å²) in [7, 11) is 0. The molecule has 0 aromatic rings. The molecule has 0 aromatic carbocycles. The van der Waals surface area contributed by atoms with Crippen LogP contribution >= 0.6 is 12.6 Å². The highest BCUT2D eigenvalue weighted by molar-refractivity contribution is 7.84. The van der Waals surface area contributed by atoms with Crippen molar-refractivity contribution in [3.8, 4) is 0 Å². The number of β-lactam (4-membered cyclic amide) rings is 1. The lowest BCUT2D eigenvalue weighted by Gasteiger charge is -2.44. The first-order valence-electron chi connectivity index (χ1n) is 4.61. The van der Waals surface area contributed by atoms with E-state index in [1.54, 1.807) is 0 Å². The highest BCUT2D eigenvalue weighted by Crippen LogP contribution is 2.44. The van der Waals surface area contributed by atoms with E-state index >= 15 is 0 Å². The van der Waals surface area contributed by atoms with Crippen LogP contribution in [0.2, 0.25) is 0 Å². The van der Waals surface area contributed by atoms with Crippen LogP contribution in [0.4, 0.5) is 0 Å². The molecule has 0 saturated carbocycles. The van der Waals surface area contributed by atoms with Crippen LogP contribution in [0.15, 0.2) is 10.6 Å². The van der Waals surface area contributed by atoms with Gasteiger partial charge in [-0.3, -0.25) is 4.79 Å².